The minimum Gasteiger partial charge on any atom is -0.478 e. The maximum absolute atomic E-state index is 11.7. The number of hydrogen-bond donors (Lipinski definition) is 1. The van der Waals surface area contributed by atoms with Gasteiger partial charge in [0.1, 0.15) is 0 Å². The molecule has 0 atom stereocenters. The van der Waals surface area contributed by atoms with Crippen LogP contribution in [0.4, 0.5) is 0 Å². The smallest absolute Gasteiger partial charge is 0.336 e. The van der Waals surface area contributed by atoms with E-state index in [1.807, 2.05) is 66.7 Å². The Labute approximate surface area is 162 Å². The molecule has 4 heteroatoms. The molecule has 0 bridgehead atoms. The molecule has 0 saturated heterocycles. The second kappa shape index (κ2) is 7.08. The molecule has 0 aliphatic heterocycles. The predicted molar refractivity (Wildman–Crippen MR) is 110 cm³/mol. The molecule has 4 nitrogen and oxygen atoms in total. The van der Waals surface area contributed by atoms with E-state index in [-0.39, 0.29) is 11.3 Å². The molecule has 0 aliphatic carbocycles. The molecular formula is C24H17NO3. The number of carboxylic acid groups (broad SMARTS) is 1. The van der Waals surface area contributed by atoms with Gasteiger partial charge in [-0.3, -0.25) is 4.79 Å². The Hall–Kier alpha value is -3.79. The van der Waals surface area contributed by atoms with Gasteiger partial charge in [-0.25, -0.2) is 9.78 Å². The van der Waals surface area contributed by atoms with E-state index in [1.165, 1.54) is 0 Å². The second-order valence-electron chi connectivity index (χ2n) is 6.59. The van der Waals surface area contributed by atoms with Crippen LogP contribution in [0.2, 0.25) is 0 Å². The number of rotatable bonds is 4. The summed E-state index contributed by atoms with van der Waals surface area (Å²) in [6.07, 6.45) is 0. The highest BCUT2D eigenvalue weighted by molar-refractivity contribution is 6.03. The lowest BCUT2D eigenvalue weighted by Crippen LogP contribution is -2.00. The lowest BCUT2D eigenvalue weighted by Gasteiger charge is -2.08. The minimum absolute atomic E-state index is 0.0403. The van der Waals surface area contributed by atoms with E-state index in [2.05, 4.69) is 4.98 Å². The Bertz CT molecular complexity index is 1190. The topological polar surface area (TPSA) is 67.3 Å². The number of fused-ring (bicyclic) bond motifs is 1. The molecule has 1 aromatic heterocycles. The quantitative estimate of drug-likeness (QED) is 0.486. The number of ketones is 1. The summed E-state index contributed by atoms with van der Waals surface area (Å²) < 4.78 is 0. The number of para-hydroxylation sites is 1. The van der Waals surface area contributed by atoms with Crippen LogP contribution in [0.5, 0.6) is 0 Å². The van der Waals surface area contributed by atoms with Crippen LogP contribution in [0, 0.1) is 0 Å². The second-order valence-corrected chi connectivity index (χ2v) is 6.59. The average molecular weight is 367 g/mol. The van der Waals surface area contributed by atoms with Crippen molar-refractivity contribution in [2.24, 2.45) is 0 Å². The van der Waals surface area contributed by atoms with Crippen molar-refractivity contribution in [1.82, 2.24) is 4.98 Å². The number of aromatic nitrogens is 1. The highest BCUT2D eigenvalue weighted by atomic mass is 16.4. The van der Waals surface area contributed by atoms with Crippen molar-refractivity contribution in [3.8, 4) is 22.4 Å². The largest absolute Gasteiger partial charge is 0.478 e. The van der Waals surface area contributed by atoms with Gasteiger partial charge in [0, 0.05) is 16.5 Å². The van der Waals surface area contributed by atoms with Crippen LogP contribution < -0.4 is 0 Å². The first kappa shape index (κ1) is 17.6. The summed E-state index contributed by atoms with van der Waals surface area (Å²) in [4.78, 5) is 27.7. The number of carbonyl (C=O) groups is 2. The van der Waals surface area contributed by atoms with Crippen molar-refractivity contribution < 1.29 is 14.7 Å². The fourth-order valence-electron chi connectivity index (χ4n) is 3.23. The Morgan fingerprint density at radius 2 is 1.36 bits per heavy atom. The molecule has 1 N–H and O–H groups in total. The first-order chi connectivity index (χ1) is 13.5. The van der Waals surface area contributed by atoms with Crippen molar-refractivity contribution in [3.63, 3.8) is 0 Å². The molecule has 0 amide bonds. The summed E-state index contributed by atoms with van der Waals surface area (Å²) in [6.45, 7) is 1.55. The number of carboxylic acids is 1. The van der Waals surface area contributed by atoms with Gasteiger partial charge in [0.15, 0.2) is 5.78 Å². The van der Waals surface area contributed by atoms with E-state index in [0.29, 0.717) is 22.2 Å². The third-order valence-corrected chi connectivity index (χ3v) is 4.75. The molecule has 0 spiro atoms. The minimum atomic E-state index is -0.970. The summed E-state index contributed by atoms with van der Waals surface area (Å²) in [7, 11) is 0. The van der Waals surface area contributed by atoms with Crippen LogP contribution in [-0.4, -0.2) is 21.8 Å². The molecule has 136 valence electrons. The van der Waals surface area contributed by atoms with E-state index >= 15 is 0 Å². The lowest BCUT2D eigenvalue weighted by atomic mass is 9.99. The molecule has 0 aliphatic rings. The Morgan fingerprint density at radius 3 is 1.96 bits per heavy atom. The first-order valence-electron chi connectivity index (χ1n) is 8.88. The number of aromatic carboxylic acids is 1. The first-order valence-corrected chi connectivity index (χ1v) is 8.88. The molecule has 3 aromatic carbocycles. The molecule has 4 rings (SSSR count). The fraction of sp³-hybridized carbons (Fsp3) is 0.0417. The van der Waals surface area contributed by atoms with E-state index in [1.54, 1.807) is 19.1 Å². The highest BCUT2D eigenvalue weighted by Crippen LogP contribution is 2.27. The molecular weight excluding hydrogens is 350 g/mol. The van der Waals surface area contributed by atoms with Crippen molar-refractivity contribution in [2.75, 3.05) is 0 Å². The van der Waals surface area contributed by atoms with Crippen LogP contribution in [-0.2, 0) is 0 Å². The summed E-state index contributed by atoms with van der Waals surface area (Å²) in [6, 6.07) is 24.1. The van der Waals surface area contributed by atoms with E-state index in [9.17, 15) is 14.7 Å². The number of carbonyl (C=O) groups excluding carboxylic acids is 1. The monoisotopic (exact) mass is 367 g/mol. The maximum atomic E-state index is 11.7. The van der Waals surface area contributed by atoms with E-state index < -0.39 is 5.97 Å². The molecule has 0 unspecified atom stereocenters. The van der Waals surface area contributed by atoms with Gasteiger partial charge in [0.2, 0.25) is 0 Å². The number of benzene rings is 3. The van der Waals surface area contributed by atoms with Gasteiger partial charge in [0.25, 0.3) is 0 Å². The Balaban J connectivity index is 1.73. The van der Waals surface area contributed by atoms with Crippen LogP contribution in [0.15, 0.2) is 78.9 Å². The van der Waals surface area contributed by atoms with E-state index in [4.69, 9.17) is 0 Å². The zero-order valence-corrected chi connectivity index (χ0v) is 15.2. The van der Waals surface area contributed by atoms with Crippen LogP contribution in [0.1, 0.15) is 27.6 Å². The third kappa shape index (κ3) is 3.28. The standard InChI is InChI=1S/C24H17NO3/c1-15(26)16-6-8-17(9-7-16)18-10-12-19(13-11-18)23-14-21(24(27)28)20-4-2-3-5-22(20)25-23/h2-14H,1H3,(H,27,28). The molecule has 0 saturated carbocycles. The SMILES string of the molecule is CC(=O)c1ccc(-c2ccc(-c3cc(C(=O)O)c4ccccc4n3)cc2)cc1. The molecule has 1 heterocycles. The van der Waals surface area contributed by atoms with Gasteiger partial charge in [0.05, 0.1) is 16.8 Å². The van der Waals surface area contributed by atoms with Gasteiger partial charge in [-0.05, 0) is 30.2 Å². The number of Topliss-reactive ketones (excluding diaryl/α,β-unsaturated/α-hetero) is 1. The molecule has 0 radical (unpaired) electrons. The Morgan fingerprint density at radius 1 is 0.786 bits per heavy atom. The van der Waals surface area contributed by atoms with Gasteiger partial charge in [-0.2, -0.15) is 0 Å². The Kier molecular flexibility index (Phi) is 4.45. The molecule has 28 heavy (non-hydrogen) atoms. The predicted octanol–water partition coefficient (Wildman–Crippen LogP) is 5.47. The highest BCUT2D eigenvalue weighted by Gasteiger charge is 2.12. The lowest BCUT2D eigenvalue weighted by molar-refractivity contribution is 0.0698. The summed E-state index contributed by atoms with van der Waals surface area (Å²) in [5, 5.41) is 10.2. The van der Waals surface area contributed by atoms with Crippen molar-refractivity contribution in [2.45, 2.75) is 6.92 Å². The number of hydrogen-bond acceptors (Lipinski definition) is 3. The van der Waals surface area contributed by atoms with Crippen molar-refractivity contribution in [1.29, 1.82) is 0 Å². The van der Waals surface area contributed by atoms with Gasteiger partial charge in [-0.15, -0.1) is 0 Å². The average Bonchev–Trinajstić information content (AvgIpc) is 2.73. The van der Waals surface area contributed by atoms with Crippen LogP contribution in [0.3, 0.4) is 0 Å². The summed E-state index contributed by atoms with van der Waals surface area (Å²) >= 11 is 0. The van der Waals surface area contributed by atoms with Crippen LogP contribution >= 0.6 is 0 Å². The third-order valence-electron chi connectivity index (χ3n) is 4.75. The van der Waals surface area contributed by atoms with Crippen molar-refractivity contribution in [3.05, 3.63) is 90.0 Å². The normalized spacial score (nSPS) is 10.8. The zero-order valence-electron chi connectivity index (χ0n) is 15.2. The fourth-order valence-corrected chi connectivity index (χ4v) is 3.23. The van der Waals surface area contributed by atoms with Gasteiger partial charge in [-0.1, -0.05) is 66.7 Å². The van der Waals surface area contributed by atoms with E-state index in [0.717, 1.165) is 16.7 Å². The summed E-state index contributed by atoms with van der Waals surface area (Å²) in [5.74, 6) is -0.930. The summed E-state index contributed by atoms with van der Waals surface area (Å²) in [5.41, 5.74) is 5.06. The van der Waals surface area contributed by atoms with Crippen LogP contribution in [0.25, 0.3) is 33.3 Å². The molecule has 4 aromatic rings. The molecule has 0 fully saturated rings. The number of nitrogens with zero attached hydrogens (tertiary/aromatic N) is 1. The van der Waals surface area contributed by atoms with Crippen molar-refractivity contribution >= 4 is 22.7 Å². The maximum Gasteiger partial charge on any atom is 0.336 e. The zero-order chi connectivity index (χ0) is 19.7. The van der Waals surface area contributed by atoms with Gasteiger partial charge < -0.3 is 5.11 Å². The number of pyridine rings is 1. The van der Waals surface area contributed by atoms with Gasteiger partial charge >= 0.3 is 5.97 Å².